The maximum absolute atomic E-state index is 11.1. The molecule has 0 radical (unpaired) electrons. The smallest absolute Gasteiger partial charge is 0.307 e. The van der Waals surface area contributed by atoms with E-state index >= 15 is 0 Å². The summed E-state index contributed by atoms with van der Waals surface area (Å²) in [7, 11) is 0. The first-order chi connectivity index (χ1) is 8.87. The van der Waals surface area contributed by atoms with Crippen LogP contribution in [0.15, 0.2) is 34.8 Å². The van der Waals surface area contributed by atoms with Gasteiger partial charge in [-0.3, -0.25) is 4.79 Å². The minimum absolute atomic E-state index is 0.0803. The number of carbonyl (C=O) groups is 1. The number of carboxylic acids is 1. The first kappa shape index (κ1) is 13.8. The van der Waals surface area contributed by atoms with E-state index in [1.165, 1.54) is 0 Å². The molecular formula is C15H14BrNO2. The maximum Gasteiger partial charge on any atom is 0.307 e. The minimum Gasteiger partial charge on any atom is -0.481 e. The number of hydrogen-bond donors (Lipinski definition) is 1. The van der Waals surface area contributed by atoms with E-state index in [0.717, 1.165) is 10.0 Å². The summed E-state index contributed by atoms with van der Waals surface area (Å²) in [6, 6.07) is 9.60. The van der Waals surface area contributed by atoms with Gasteiger partial charge < -0.3 is 5.11 Å². The summed E-state index contributed by atoms with van der Waals surface area (Å²) in [6.45, 7) is 3.84. The van der Waals surface area contributed by atoms with Gasteiger partial charge in [-0.05, 0) is 29.0 Å². The van der Waals surface area contributed by atoms with Crippen molar-refractivity contribution in [2.24, 2.45) is 17.3 Å². The number of aliphatic carboxylic acids is 1. The Bertz CT molecular complexity index is 581. The van der Waals surface area contributed by atoms with Crippen LogP contribution < -0.4 is 0 Å². The van der Waals surface area contributed by atoms with Gasteiger partial charge in [0.25, 0.3) is 0 Å². The number of nitrogens with zero attached hydrogens (tertiary/aromatic N) is 1. The number of hydrogen-bond acceptors (Lipinski definition) is 2. The largest absolute Gasteiger partial charge is 0.481 e. The minimum atomic E-state index is -0.792. The molecule has 1 N–H and O–H groups in total. The number of benzene rings is 1. The lowest BCUT2D eigenvalue weighted by Crippen LogP contribution is -2.03. The van der Waals surface area contributed by atoms with Crippen molar-refractivity contribution in [1.29, 1.82) is 5.26 Å². The molecule has 1 aliphatic rings. The molecule has 2 atom stereocenters. The maximum atomic E-state index is 11.1. The highest BCUT2D eigenvalue weighted by molar-refractivity contribution is 9.10. The van der Waals surface area contributed by atoms with Gasteiger partial charge in [0.1, 0.15) is 0 Å². The van der Waals surface area contributed by atoms with Crippen LogP contribution in [0.3, 0.4) is 0 Å². The highest BCUT2D eigenvalue weighted by atomic mass is 79.9. The zero-order valence-corrected chi connectivity index (χ0v) is 12.3. The molecule has 1 aromatic carbocycles. The zero-order chi connectivity index (χ0) is 14.2. The molecule has 0 aromatic heterocycles. The first-order valence-electron chi connectivity index (χ1n) is 5.98. The average molecular weight is 320 g/mol. The summed E-state index contributed by atoms with van der Waals surface area (Å²) in [5, 5.41) is 18.4. The van der Waals surface area contributed by atoms with Crippen LogP contribution in [0.5, 0.6) is 0 Å². The van der Waals surface area contributed by atoms with E-state index in [9.17, 15) is 10.1 Å². The first-order valence-corrected chi connectivity index (χ1v) is 6.78. The molecular weight excluding hydrogens is 306 g/mol. The lowest BCUT2D eigenvalue weighted by atomic mass is 10.0. The van der Waals surface area contributed by atoms with Crippen LogP contribution in [0.25, 0.3) is 5.57 Å². The van der Waals surface area contributed by atoms with Crippen LogP contribution in [0.1, 0.15) is 19.4 Å². The van der Waals surface area contributed by atoms with Crippen LogP contribution >= 0.6 is 15.9 Å². The molecule has 0 heterocycles. The van der Waals surface area contributed by atoms with Crippen molar-refractivity contribution < 1.29 is 9.90 Å². The van der Waals surface area contributed by atoms with Crippen molar-refractivity contribution in [3.63, 3.8) is 0 Å². The van der Waals surface area contributed by atoms with E-state index in [1.807, 2.05) is 38.1 Å². The van der Waals surface area contributed by atoms with E-state index in [4.69, 9.17) is 5.11 Å². The van der Waals surface area contributed by atoms with Gasteiger partial charge in [0.05, 0.1) is 17.6 Å². The number of halogens is 1. The van der Waals surface area contributed by atoms with E-state index in [2.05, 4.69) is 22.0 Å². The molecule has 0 spiro atoms. The van der Waals surface area contributed by atoms with Crippen LogP contribution in [0.2, 0.25) is 0 Å². The second kappa shape index (κ2) is 4.82. The molecule has 1 fully saturated rings. The summed E-state index contributed by atoms with van der Waals surface area (Å²) in [6.07, 6.45) is 1.79. The Kier molecular flexibility index (Phi) is 3.51. The van der Waals surface area contributed by atoms with Crippen molar-refractivity contribution in [1.82, 2.24) is 0 Å². The fourth-order valence-electron chi connectivity index (χ4n) is 2.47. The molecule has 19 heavy (non-hydrogen) atoms. The van der Waals surface area contributed by atoms with Gasteiger partial charge >= 0.3 is 5.97 Å². The average Bonchev–Trinajstić information content (AvgIpc) is 2.89. The number of nitriles is 1. The second-order valence-corrected chi connectivity index (χ2v) is 6.28. The molecule has 0 bridgehead atoms. The Balaban J connectivity index is 2.29. The van der Waals surface area contributed by atoms with Crippen LogP contribution in [-0.4, -0.2) is 11.1 Å². The predicted molar refractivity (Wildman–Crippen MR) is 76.1 cm³/mol. The van der Waals surface area contributed by atoms with Gasteiger partial charge in [0, 0.05) is 4.47 Å². The molecule has 3 nitrogen and oxygen atoms in total. The van der Waals surface area contributed by atoms with Crippen molar-refractivity contribution in [3.05, 3.63) is 40.4 Å². The molecule has 0 amide bonds. The SMILES string of the molecule is CC1(C)[C@@H](C=C(C#N)c2ccc(Br)cc2)[C@@H]1C(=O)O. The second-order valence-electron chi connectivity index (χ2n) is 5.36. The van der Waals surface area contributed by atoms with E-state index in [-0.39, 0.29) is 11.3 Å². The van der Waals surface area contributed by atoms with Crippen molar-refractivity contribution >= 4 is 27.5 Å². The quantitative estimate of drug-likeness (QED) is 0.864. The lowest BCUT2D eigenvalue weighted by Gasteiger charge is -2.01. The molecule has 1 saturated carbocycles. The third-order valence-electron chi connectivity index (χ3n) is 3.80. The molecule has 98 valence electrons. The fraction of sp³-hybridized carbons (Fsp3) is 0.333. The normalized spacial score (nSPS) is 24.6. The van der Waals surface area contributed by atoms with Gasteiger partial charge in [-0.25, -0.2) is 0 Å². The third kappa shape index (κ3) is 2.57. The third-order valence-corrected chi connectivity index (χ3v) is 4.33. The summed E-state index contributed by atoms with van der Waals surface area (Å²) < 4.78 is 0.948. The standard InChI is InChI=1S/C15H14BrNO2/c1-15(2)12(13(15)14(18)19)7-10(8-17)9-3-5-11(16)6-4-9/h3-7,12-13H,1-2H3,(H,18,19)/t12-,13+/m0/s1. The number of rotatable bonds is 3. The van der Waals surface area contributed by atoms with Crippen LogP contribution in [0.4, 0.5) is 0 Å². The van der Waals surface area contributed by atoms with E-state index in [0.29, 0.717) is 5.57 Å². The fourth-order valence-corrected chi connectivity index (χ4v) is 2.73. The Hall–Kier alpha value is -1.60. The summed E-state index contributed by atoms with van der Waals surface area (Å²) in [4.78, 5) is 11.1. The van der Waals surface area contributed by atoms with Gasteiger partial charge in [0.2, 0.25) is 0 Å². The lowest BCUT2D eigenvalue weighted by molar-refractivity contribution is -0.139. The Morgan fingerprint density at radius 2 is 2.00 bits per heavy atom. The van der Waals surface area contributed by atoms with Gasteiger partial charge in [-0.15, -0.1) is 0 Å². The van der Waals surface area contributed by atoms with E-state index < -0.39 is 11.9 Å². The molecule has 2 rings (SSSR count). The van der Waals surface area contributed by atoms with Crippen molar-refractivity contribution in [3.8, 4) is 6.07 Å². The van der Waals surface area contributed by atoms with E-state index in [1.54, 1.807) is 6.08 Å². The summed E-state index contributed by atoms with van der Waals surface area (Å²) in [5.41, 5.74) is 1.08. The molecule has 0 saturated heterocycles. The zero-order valence-electron chi connectivity index (χ0n) is 10.7. The monoisotopic (exact) mass is 319 g/mol. The number of carboxylic acid groups (broad SMARTS) is 1. The Morgan fingerprint density at radius 3 is 2.42 bits per heavy atom. The summed E-state index contributed by atoms with van der Waals surface area (Å²) in [5.74, 6) is -1.27. The highest BCUT2D eigenvalue weighted by Crippen LogP contribution is 2.59. The Labute approximate surface area is 120 Å². The number of allylic oxidation sites excluding steroid dienone is 2. The topological polar surface area (TPSA) is 61.1 Å². The van der Waals surface area contributed by atoms with Gasteiger partial charge in [0.15, 0.2) is 0 Å². The Morgan fingerprint density at radius 1 is 1.42 bits per heavy atom. The highest BCUT2D eigenvalue weighted by Gasteiger charge is 2.61. The molecule has 0 aliphatic heterocycles. The van der Waals surface area contributed by atoms with Gasteiger partial charge in [-0.2, -0.15) is 5.26 Å². The van der Waals surface area contributed by atoms with Crippen molar-refractivity contribution in [2.75, 3.05) is 0 Å². The van der Waals surface area contributed by atoms with Crippen molar-refractivity contribution in [2.45, 2.75) is 13.8 Å². The van der Waals surface area contributed by atoms with Gasteiger partial charge in [-0.1, -0.05) is 48.0 Å². The van der Waals surface area contributed by atoms with Crippen LogP contribution in [-0.2, 0) is 4.79 Å². The molecule has 4 heteroatoms. The molecule has 1 aromatic rings. The van der Waals surface area contributed by atoms with Crippen LogP contribution in [0, 0.1) is 28.6 Å². The predicted octanol–water partition coefficient (Wildman–Crippen LogP) is 3.71. The molecule has 0 unspecified atom stereocenters. The summed E-state index contributed by atoms with van der Waals surface area (Å²) >= 11 is 3.35. The molecule has 1 aliphatic carbocycles.